The van der Waals surface area contributed by atoms with Crippen molar-refractivity contribution in [2.75, 3.05) is 14.2 Å². The van der Waals surface area contributed by atoms with Crippen molar-refractivity contribution in [3.8, 4) is 11.5 Å². The number of ether oxygens (including phenoxy) is 2. The van der Waals surface area contributed by atoms with Crippen LogP contribution in [0.5, 0.6) is 11.5 Å². The minimum Gasteiger partial charge on any atom is -0.493 e. The second-order valence-electron chi connectivity index (χ2n) is 4.02. The summed E-state index contributed by atoms with van der Waals surface area (Å²) < 4.78 is 10.3. The van der Waals surface area contributed by atoms with Crippen LogP contribution >= 0.6 is 23.8 Å². The lowest BCUT2D eigenvalue weighted by Crippen LogP contribution is -2.51. The Morgan fingerprint density at radius 2 is 1.62 bits per heavy atom. The zero-order chi connectivity index (χ0) is 15.6. The molecule has 110 valence electrons. The third-order valence-electron chi connectivity index (χ3n) is 2.75. The van der Waals surface area contributed by atoms with Gasteiger partial charge in [0.15, 0.2) is 16.6 Å². The topological polar surface area (TPSA) is 76.7 Å². The third kappa shape index (κ3) is 3.14. The second kappa shape index (κ2) is 6.11. The Balaban J connectivity index is 2.47. The van der Waals surface area contributed by atoms with Crippen LogP contribution in [-0.2, 0) is 9.59 Å². The summed E-state index contributed by atoms with van der Waals surface area (Å²) in [6.45, 7) is 0. The standard InChI is InChI=1S/C13H11ClN2O4S/c1-19-9-4-6(8(14)5-10(9)20-2)3-7-11(17)15-13(21)16-12(7)18/h3-5H,1-2H3,(H2,15,16,17,18,21). The Hall–Kier alpha value is -2.12. The van der Waals surface area contributed by atoms with Gasteiger partial charge in [0, 0.05) is 6.07 Å². The van der Waals surface area contributed by atoms with Gasteiger partial charge >= 0.3 is 0 Å². The first-order chi connectivity index (χ1) is 9.96. The smallest absolute Gasteiger partial charge is 0.263 e. The Labute approximate surface area is 131 Å². The van der Waals surface area contributed by atoms with Crippen molar-refractivity contribution >= 4 is 46.8 Å². The monoisotopic (exact) mass is 326 g/mol. The van der Waals surface area contributed by atoms with Gasteiger partial charge in [-0.3, -0.25) is 20.2 Å². The number of rotatable bonds is 3. The number of nitrogens with one attached hydrogen (secondary N) is 2. The number of thiocarbonyl (C=S) groups is 1. The Morgan fingerprint density at radius 1 is 1.10 bits per heavy atom. The first-order valence-electron chi connectivity index (χ1n) is 5.76. The molecule has 0 bridgehead atoms. The van der Waals surface area contributed by atoms with Crippen molar-refractivity contribution in [2.45, 2.75) is 0 Å². The zero-order valence-corrected chi connectivity index (χ0v) is 12.7. The summed E-state index contributed by atoms with van der Waals surface area (Å²) in [5.41, 5.74) is 0.347. The van der Waals surface area contributed by atoms with Crippen molar-refractivity contribution in [3.05, 3.63) is 28.3 Å². The van der Waals surface area contributed by atoms with Gasteiger partial charge in [0.2, 0.25) is 0 Å². The van der Waals surface area contributed by atoms with Gasteiger partial charge in [0.1, 0.15) is 5.57 Å². The molecular weight excluding hydrogens is 316 g/mol. The number of halogens is 1. The lowest BCUT2D eigenvalue weighted by atomic mass is 10.1. The molecule has 6 nitrogen and oxygen atoms in total. The first-order valence-corrected chi connectivity index (χ1v) is 6.54. The van der Waals surface area contributed by atoms with E-state index in [0.717, 1.165) is 0 Å². The van der Waals surface area contributed by atoms with E-state index in [0.29, 0.717) is 22.1 Å². The number of methoxy groups -OCH3 is 2. The lowest BCUT2D eigenvalue weighted by Gasteiger charge is -2.17. The molecule has 1 aromatic rings. The molecule has 0 aliphatic carbocycles. The maximum atomic E-state index is 11.8. The molecule has 2 amide bonds. The molecule has 1 aliphatic rings. The third-order valence-corrected chi connectivity index (χ3v) is 3.28. The minimum absolute atomic E-state index is 0.0273. The number of carbonyl (C=O) groups excluding carboxylic acids is 2. The SMILES string of the molecule is COc1cc(Cl)c(C=C2C(=O)NC(=S)NC2=O)cc1OC. The molecule has 21 heavy (non-hydrogen) atoms. The van der Waals surface area contributed by atoms with E-state index in [1.165, 1.54) is 26.4 Å². The van der Waals surface area contributed by atoms with Crippen LogP contribution in [0.15, 0.2) is 17.7 Å². The average Bonchev–Trinajstić information content (AvgIpc) is 2.43. The van der Waals surface area contributed by atoms with E-state index in [-0.39, 0.29) is 10.7 Å². The van der Waals surface area contributed by atoms with Gasteiger partial charge in [0.25, 0.3) is 11.8 Å². The molecule has 0 radical (unpaired) electrons. The van der Waals surface area contributed by atoms with E-state index in [4.69, 9.17) is 33.3 Å². The minimum atomic E-state index is -0.588. The van der Waals surface area contributed by atoms with Gasteiger partial charge in [-0.05, 0) is 29.9 Å². The highest BCUT2D eigenvalue weighted by Gasteiger charge is 2.26. The summed E-state index contributed by atoms with van der Waals surface area (Å²) in [4.78, 5) is 23.6. The number of hydrogen-bond donors (Lipinski definition) is 2. The summed E-state index contributed by atoms with van der Waals surface area (Å²) in [5.74, 6) is -0.298. The average molecular weight is 327 g/mol. The van der Waals surface area contributed by atoms with E-state index >= 15 is 0 Å². The molecule has 1 aromatic carbocycles. The molecule has 0 saturated carbocycles. The van der Waals surface area contributed by atoms with Crippen LogP contribution in [0.25, 0.3) is 6.08 Å². The fourth-order valence-corrected chi connectivity index (χ4v) is 2.14. The Bertz CT molecular complexity index is 650. The fourth-order valence-electron chi connectivity index (χ4n) is 1.74. The predicted octanol–water partition coefficient (Wildman–Crippen LogP) is 1.27. The molecule has 0 atom stereocenters. The van der Waals surface area contributed by atoms with Gasteiger partial charge < -0.3 is 9.47 Å². The van der Waals surface area contributed by atoms with Crippen LogP contribution in [0.1, 0.15) is 5.56 Å². The summed E-state index contributed by atoms with van der Waals surface area (Å²) in [6, 6.07) is 3.11. The number of carbonyl (C=O) groups is 2. The van der Waals surface area contributed by atoms with Crippen molar-refractivity contribution in [3.63, 3.8) is 0 Å². The molecule has 8 heteroatoms. The predicted molar refractivity (Wildman–Crippen MR) is 81.4 cm³/mol. The van der Waals surface area contributed by atoms with Gasteiger partial charge in [-0.1, -0.05) is 11.6 Å². The molecule has 1 saturated heterocycles. The lowest BCUT2D eigenvalue weighted by molar-refractivity contribution is -0.123. The Kier molecular flexibility index (Phi) is 4.44. The van der Waals surface area contributed by atoms with Crippen LogP contribution in [0.2, 0.25) is 5.02 Å². The van der Waals surface area contributed by atoms with E-state index in [9.17, 15) is 9.59 Å². The largest absolute Gasteiger partial charge is 0.493 e. The molecule has 0 unspecified atom stereocenters. The van der Waals surface area contributed by atoms with Crippen LogP contribution in [0.3, 0.4) is 0 Å². The highest BCUT2D eigenvalue weighted by atomic mass is 35.5. The zero-order valence-electron chi connectivity index (χ0n) is 11.2. The van der Waals surface area contributed by atoms with Crippen molar-refractivity contribution < 1.29 is 19.1 Å². The van der Waals surface area contributed by atoms with Crippen molar-refractivity contribution in [2.24, 2.45) is 0 Å². The van der Waals surface area contributed by atoms with E-state index < -0.39 is 11.8 Å². The molecule has 0 aromatic heterocycles. The van der Waals surface area contributed by atoms with Crippen LogP contribution in [0.4, 0.5) is 0 Å². The van der Waals surface area contributed by atoms with E-state index in [1.807, 2.05) is 0 Å². The second-order valence-corrected chi connectivity index (χ2v) is 4.84. The summed E-state index contributed by atoms with van der Waals surface area (Å²) in [7, 11) is 2.95. The van der Waals surface area contributed by atoms with Crippen LogP contribution in [0, 0.1) is 0 Å². The summed E-state index contributed by atoms with van der Waals surface area (Å²) in [5, 5.41) is 4.97. The highest BCUT2D eigenvalue weighted by Crippen LogP contribution is 2.34. The number of hydrogen-bond acceptors (Lipinski definition) is 5. The quantitative estimate of drug-likeness (QED) is 0.497. The Morgan fingerprint density at radius 3 is 2.14 bits per heavy atom. The maximum Gasteiger partial charge on any atom is 0.263 e. The van der Waals surface area contributed by atoms with Gasteiger partial charge in [-0.2, -0.15) is 0 Å². The highest BCUT2D eigenvalue weighted by molar-refractivity contribution is 7.80. The van der Waals surface area contributed by atoms with Crippen LogP contribution in [-0.4, -0.2) is 31.1 Å². The first kappa shape index (κ1) is 15.3. The van der Waals surface area contributed by atoms with Crippen molar-refractivity contribution in [1.29, 1.82) is 0 Å². The normalized spacial score (nSPS) is 14.4. The van der Waals surface area contributed by atoms with E-state index in [2.05, 4.69) is 10.6 Å². The van der Waals surface area contributed by atoms with Gasteiger partial charge in [-0.15, -0.1) is 0 Å². The molecule has 1 heterocycles. The fraction of sp³-hybridized carbons (Fsp3) is 0.154. The molecule has 2 rings (SSSR count). The van der Waals surface area contributed by atoms with Crippen molar-refractivity contribution in [1.82, 2.24) is 10.6 Å². The van der Waals surface area contributed by atoms with Gasteiger partial charge in [-0.25, -0.2) is 0 Å². The van der Waals surface area contributed by atoms with Crippen LogP contribution < -0.4 is 20.1 Å². The molecule has 1 aliphatic heterocycles. The molecule has 0 spiro atoms. The number of amides is 2. The number of benzene rings is 1. The van der Waals surface area contributed by atoms with Gasteiger partial charge in [0.05, 0.1) is 19.2 Å². The molecule has 1 fully saturated rings. The maximum absolute atomic E-state index is 11.8. The van der Waals surface area contributed by atoms with E-state index in [1.54, 1.807) is 6.07 Å². The summed E-state index contributed by atoms with van der Waals surface area (Å²) >= 11 is 10.8. The molecule has 2 N–H and O–H groups in total. The summed E-state index contributed by atoms with van der Waals surface area (Å²) in [6.07, 6.45) is 1.36. The molecular formula is C13H11ClN2O4S.